The molecule has 0 heterocycles. The summed E-state index contributed by atoms with van der Waals surface area (Å²) in [4.78, 5) is 5.13. The maximum absolute atomic E-state index is 2.41. The smallest absolute Gasteiger partial charge is 0.0108 e. The lowest BCUT2D eigenvalue weighted by Crippen LogP contribution is -2.23. The van der Waals surface area contributed by atoms with Crippen LogP contribution in [0.25, 0.3) is 0 Å². The Morgan fingerprint density at radius 1 is 0.700 bits per heavy atom. The standard InChI is InChI=1S/C17H21NS2/c1-18(12-14-19-16-8-4-2-5-9-16)13-15-20-17-10-6-3-7-11-17/h2-11H,12-15H2,1H3. The summed E-state index contributed by atoms with van der Waals surface area (Å²) in [6.07, 6.45) is 0. The third-order valence-corrected chi connectivity index (χ3v) is 4.95. The highest BCUT2D eigenvalue weighted by Crippen LogP contribution is 2.18. The zero-order valence-electron chi connectivity index (χ0n) is 11.9. The SMILES string of the molecule is CN(CCSc1ccccc1)CCSc1ccccc1. The van der Waals surface area contributed by atoms with Crippen molar-refractivity contribution in [2.75, 3.05) is 31.6 Å². The second kappa shape index (κ2) is 9.11. The van der Waals surface area contributed by atoms with E-state index in [2.05, 4.69) is 72.6 Å². The first kappa shape index (κ1) is 15.5. The maximum Gasteiger partial charge on any atom is 0.0108 e. The number of hydrogen-bond acceptors (Lipinski definition) is 3. The third-order valence-electron chi connectivity index (χ3n) is 2.97. The van der Waals surface area contributed by atoms with Crippen LogP contribution in [-0.4, -0.2) is 36.5 Å². The van der Waals surface area contributed by atoms with Gasteiger partial charge < -0.3 is 4.90 Å². The Morgan fingerprint density at radius 3 is 1.50 bits per heavy atom. The van der Waals surface area contributed by atoms with Crippen LogP contribution in [0.1, 0.15) is 0 Å². The molecule has 0 atom stereocenters. The molecule has 3 heteroatoms. The van der Waals surface area contributed by atoms with Crippen LogP contribution in [0, 0.1) is 0 Å². The third kappa shape index (κ3) is 6.04. The van der Waals surface area contributed by atoms with Crippen LogP contribution in [-0.2, 0) is 0 Å². The molecule has 0 saturated heterocycles. The van der Waals surface area contributed by atoms with Crippen molar-refractivity contribution in [1.29, 1.82) is 0 Å². The minimum atomic E-state index is 1.13. The first-order valence-electron chi connectivity index (χ1n) is 6.89. The number of hydrogen-bond donors (Lipinski definition) is 0. The van der Waals surface area contributed by atoms with E-state index >= 15 is 0 Å². The number of rotatable bonds is 8. The Kier molecular flexibility index (Phi) is 7.06. The number of benzene rings is 2. The molecular formula is C17H21NS2. The summed E-state index contributed by atoms with van der Waals surface area (Å²) in [5.41, 5.74) is 0. The molecule has 2 aromatic carbocycles. The molecule has 0 saturated carbocycles. The van der Waals surface area contributed by atoms with Crippen LogP contribution in [0.3, 0.4) is 0 Å². The highest BCUT2D eigenvalue weighted by atomic mass is 32.2. The summed E-state index contributed by atoms with van der Waals surface area (Å²) in [6, 6.07) is 21.2. The van der Waals surface area contributed by atoms with Gasteiger partial charge in [0.15, 0.2) is 0 Å². The predicted molar refractivity (Wildman–Crippen MR) is 91.8 cm³/mol. The van der Waals surface area contributed by atoms with E-state index in [9.17, 15) is 0 Å². The molecule has 2 aromatic rings. The summed E-state index contributed by atoms with van der Waals surface area (Å²) in [7, 11) is 2.21. The minimum Gasteiger partial charge on any atom is -0.305 e. The Hall–Kier alpha value is -0.900. The van der Waals surface area contributed by atoms with Crippen LogP contribution < -0.4 is 0 Å². The van der Waals surface area contributed by atoms with Gasteiger partial charge >= 0.3 is 0 Å². The van der Waals surface area contributed by atoms with Gasteiger partial charge in [-0.05, 0) is 31.3 Å². The number of nitrogens with zero attached hydrogens (tertiary/aromatic N) is 1. The normalized spacial score (nSPS) is 10.9. The lowest BCUT2D eigenvalue weighted by molar-refractivity contribution is 0.380. The van der Waals surface area contributed by atoms with Crippen molar-refractivity contribution >= 4 is 23.5 Å². The molecular weight excluding hydrogens is 282 g/mol. The van der Waals surface area contributed by atoms with Gasteiger partial charge in [-0.2, -0.15) is 0 Å². The van der Waals surface area contributed by atoms with Crippen molar-refractivity contribution in [1.82, 2.24) is 4.90 Å². The topological polar surface area (TPSA) is 3.24 Å². The van der Waals surface area contributed by atoms with Crippen molar-refractivity contribution in [3.8, 4) is 0 Å². The van der Waals surface area contributed by atoms with Crippen LogP contribution in [0.15, 0.2) is 70.5 Å². The fourth-order valence-corrected chi connectivity index (χ4v) is 3.76. The Balaban J connectivity index is 1.58. The van der Waals surface area contributed by atoms with Crippen LogP contribution in [0.5, 0.6) is 0 Å². The molecule has 1 nitrogen and oxygen atoms in total. The fraction of sp³-hybridized carbons (Fsp3) is 0.294. The number of thioether (sulfide) groups is 2. The lowest BCUT2D eigenvalue weighted by Gasteiger charge is -2.15. The summed E-state index contributed by atoms with van der Waals surface area (Å²) in [5.74, 6) is 2.30. The summed E-state index contributed by atoms with van der Waals surface area (Å²) < 4.78 is 0. The van der Waals surface area contributed by atoms with E-state index < -0.39 is 0 Å². The van der Waals surface area contributed by atoms with Gasteiger partial charge in [-0.15, -0.1) is 23.5 Å². The van der Waals surface area contributed by atoms with Gasteiger partial charge in [-0.25, -0.2) is 0 Å². The molecule has 0 amide bonds. The largest absolute Gasteiger partial charge is 0.305 e. The van der Waals surface area contributed by atoms with Crippen molar-refractivity contribution in [2.45, 2.75) is 9.79 Å². The van der Waals surface area contributed by atoms with Crippen molar-refractivity contribution in [2.24, 2.45) is 0 Å². The van der Waals surface area contributed by atoms with Gasteiger partial charge in [-0.3, -0.25) is 0 Å². The summed E-state index contributed by atoms with van der Waals surface area (Å²) >= 11 is 3.86. The molecule has 20 heavy (non-hydrogen) atoms. The minimum absolute atomic E-state index is 1.13. The molecule has 0 radical (unpaired) electrons. The van der Waals surface area contributed by atoms with Gasteiger partial charge in [0.25, 0.3) is 0 Å². The average Bonchev–Trinajstić information content (AvgIpc) is 2.49. The molecule has 0 fully saturated rings. The molecule has 0 N–H and O–H groups in total. The Bertz CT molecular complexity index is 427. The van der Waals surface area contributed by atoms with Gasteiger partial charge in [0, 0.05) is 34.4 Å². The predicted octanol–water partition coefficient (Wildman–Crippen LogP) is 4.50. The van der Waals surface area contributed by atoms with Crippen LogP contribution in [0.4, 0.5) is 0 Å². The maximum atomic E-state index is 2.41. The molecule has 0 bridgehead atoms. The highest BCUT2D eigenvalue weighted by molar-refractivity contribution is 7.99. The lowest BCUT2D eigenvalue weighted by atomic mass is 10.4. The molecule has 0 aliphatic carbocycles. The van der Waals surface area contributed by atoms with E-state index in [0.29, 0.717) is 0 Å². The quantitative estimate of drug-likeness (QED) is 0.661. The van der Waals surface area contributed by atoms with Crippen molar-refractivity contribution in [3.63, 3.8) is 0 Å². The van der Waals surface area contributed by atoms with Gasteiger partial charge in [0.2, 0.25) is 0 Å². The van der Waals surface area contributed by atoms with E-state index in [1.807, 2.05) is 23.5 Å². The molecule has 0 unspecified atom stereocenters. The van der Waals surface area contributed by atoms with Gasteiger partial charge in [-0.1, -0.05) is 36.4 Å². The monoisotopic (exact) mass is 303 g/mol. The molecule has 106 valence electrons. The average molecular weight is 303 g/mol. The second-order valence-electron chi connectivity index (χ2n) is 4.63. The summed E-state index contributed by atoms with van der Waals surface area (Å²) in [6.45, 7) is 2.27. The molecule has 2 rings (SSSR count). The van der Waals surface area contributed by atoms with Crippen molar-refractivity contribution in [3.05, 3.63) is 60.7 Å². The Morgan fingerprint density at radius 2 is 1.10 bits per heavy atom. The van der Waals surface area contributed by atoms with Crippen molar-refractivity contribution < 1.29 is 0 Å². The first-order chi connectivity index (χ1) is 9.84. The molecule has 0 aliphatic heterocycles. The Labute approximate surface area is 130 Å². The highest BCUT2D eigenvalue weighted by Gasteiger charge is 2.00. The van der Waals surface area contributed by atoms with E-state index in [1.54, 1.807) is 0 Å². The van der Waals surface area contributed by atoms with Crippen LogP contribution in [0.2, 0.25) is 0 Å². The van der Waals surface area contributed by atoms with Gasteiger partial charge in [0.1, 0.15) is 0 Å². The molecule has 0 aromatic heterocycles. The van der Waals surface area contributed by atoms with Gasteiger partial charge in [0.05, 0.1) is 0 Å². The van der Waals surface area contributed by atoms with E-state index in [1.165, 1.54) is 9.79 Å². The van der Waals surface area contributed by atoms with Crippen LogP contribution >= 0.6 is 23.5 Å². The van der Waals surface area contributed by atoms with E-state index in [4.69, 9.17) is 0 Å². The first-order valence-corrected chi connectivity index (χ1v) is 8.86. The van der Waals surface area contributed by atoms with E-state index in [0.717, 1.165) is 24.6 Å². The van der Waals surface area contributed by atoms with E-state index in [-0.39, 0.29) is 0 Å². The summed E-state index contributed by atoms with van der Waals surface area (Å²) in [5, 5.41) is 0. The zero-order valence-corrected chi connectivity index (χ0v) is 13.5. The molecule has 0 aliphatic rings. The second-order valence-corrected chi connectivity index (χ2v) is 6.96. The zero-order chi connectivity index (χ0) is 14.0. The fourth-order valence-electron chi connectivity index (χ4n) is 1.78. The molecule has 0 spiro atoms.